The van der Waals surface area contributed by atoms with Crippen molar-refractivity contribution in [2.75, 3.05) is 19.6 Å². The highest BCUT2D eigenvalue weighted by Crippen LogP contribution is 2.20. The maximum atomic E-state index is 12.6. The van der Waals surface area contributed by atoms with E-state index in [-0.39, 0.29) is 23.5 Å². The summed E-state index contributed by atoms with van der Waals surface area (Å²) in [6.45, 7) is 3.44. The summed E-state index contributed by atoms with van der Waals surface area (Å²) in [4.78, 5) is 38.4. The van der Waals surface area contributed by atoms with Gasteiger partial charge in [0.05, 0.1) is 17.6 Å². The van der Waals surface area contributed by atoms with Crippen LogP contribution in [0.15, 0.2) is 34.3 Å². The number of nitrogens with one attached hydrogen (secondary N) is 1. The third-order valence-electron chi connectivity index (χ3n) is 4.52. The van der Waals surface area contributed by atoms with Crippen LogP contribution in [0, 0.1) is 5.92 Å². The van der Waals surface area contributed by atoms with E-state index >= 15 is 0 Å². The first kappa shape index (κ1) is 18.4. The molecule has 138 valence electrons. The number of hydrogen-bond acceptors (Lipinski definition) is 5. The zero-order valence-electron chi connectivity index (χ0n) is 14.7. The Morgan fingerprint density at radius 3 is 2.92 bits per heavy atom. The topological polar surface area (TPSA) is 79.6 Å². The van der Waals surface area contributed by atoms with Gasteiger partial charge in [-0.25, -0.2) is 0 Å². The summed E-state index contributed by atoms with van der Waals surface area (Å²) in [5, 5.41) is 4.75. The molecule has 0 radical (unpaired) electrons. The number of furan rings is 1. The van der Waals surface area contributed by atoms with Gasteiger partial charge in [0.1, 0.15) is 0 Å². The van der Waals surface area contributed by atoms with Crippen LogP contribution in [-0.4, -0.2) is 42.1 Å². The number of ketones is 1. The molecule has 7 heteroatoms. The smallest absolute Gasteiger partial charge is 0.286 e. The number of rotatable bonds is 6. The molecule has 3 heterocycles. The second kappa shape index (κ2) is 8.31. The summed E-state index contributed by atoms with van der Waals surface area (Å²) in [6, 6.07) is 5.11. The Bertz CT molecular complexity index is 781. The first-order chi connectivity index (χ1) is 12.5. The van der Waals surface area contributed by atoms with Crippen molar-refractivity contribution in [1.82, 2.24) is 10.2 Å². The van der Waals surface area contributed by atoms with Gasteiger partial charge in [0, 0.05) is 19.6 Å². The summed E-state index contributed by atoms with van der Waals surface area (Å²) < 4.78 is 5.08. The minimum Gasteiger partial charge on any atom is -0.459 e. The predicted octanol–water partition coefficient (Wildman–Crippen LogP) is 2.75. The lowest BCUT2D eigenvalue weighted by Crippen LogP contribution is -2.44. The van der Waals surface area contributed by atoms with Crippen molar-refractivity contribution in [2.45, 2.75) is 26.2 Å². The number of carbonyl (C=O) groups excluding carboxylic acids is 3. The first-order valence-electron chi connectivity index (χ1n) is 8.70. The number of Topliss-reactive ketones (excluding diaryl/α,β-unsaturated/α-hetero) is 1. The highest BCUT2D eigenvalue weighted by molar-refractivity contribution is 7.12. The van der Waals surface area contributed by atoms with Gasteiger partial charge in [-0.15, -0.1) is 11.3 Å². The molecule has 6 nitrogen and oxygen atoms in total. The Labute approximate surface area is 156 Å². The Balaban J connectivity index is 1.49. The van der Waals surface area contributed by atoms with E-state index in [1.807, 2.05) is 10.3 Å². The van der Waals surface area contributed by atoms with Gasteiger partial charge >= 0.3 is 0 Å². The zero-order chi connectivity index (χ0) is 18.5. The van der Waals surface area contributed by atoms with Gasteiger partial charge in [0.15, 0.2) is 11.5 Å². The first-order valence-corrected chi connectivity index (χ1v) is 9.58. The standard InChI is InChI=1S/C19H22N2O4S/c1-13(22)17-8-15(12-26-17)9-18(23)21-6-2-4-14(11-21)10-20-19(24)16-5-3-7-25-16/h3,5,7-8,12,14H,2,4,6,9-11H2,1H3,(H,20,24). The summed E-state index contributed by atoms with van der Waals surface area (Å²) in [7, 11) is 0. The summed E-state index contributed by atoms with van der Waals surface area (Å²) >= 11 is 1.38. The zero-order valence-corrected chi connectivity index (χ0v) is 15.5. The molecule has 3 rings (SSSR count). The largest absolute Gasteiger partial charge is 0.459 e. The minimum absolute atomic E-state index is 0.0269. The van der Waals surface area contributed by atoms with E-state index in [4.69, 9.17) is 4.42 Å². The van der Waals surface area contributed by atoms with Crippen molar-refractivity contribution in [3.63, 3.8) is 0 Å². The van der Waals surface area contributed by atoms with Crippen LogP contribution in [0.4, 0.5) is 0 Å². The molecule has 0 spiro atoms. The molecule has 0 saturated carbocycles. The minimum atomic E-state index is -0.228. The van der Waals surface area contributed by atoms with Gasteiger partial charge in [-0.1, -0.05) is 0 Å². The maximum Gasteiger partial charge on any atom is 0.286 e. The lowest BCUT2D eigenvalue weighted by Gasteiger charge is -2.33. The van der Waals surface area contributed by atoms with Crippen LogP contribution in [0.5, 0.6) is 0 Å². The molecule has 1 saturated heterocycles. The fourth-order valence-corrected chi connectivity index (χ4v) is 3.94. The highest BCUT2D eigenvalue weighted by atomic mass is 32.1. The van der Waals surface area contributed by atoms with Crippen molar-refractivity contribution in [1.29, 1.82) is 0 Å². The number of hydrogen-bond donors (Lipinski definition) is 1. The molecule has 1 fully saturated rings. The fourth-order valence-electron chi connectivity index (χ4n) is 3.13. The average molecular weight is 374 g/mol. The van der Waals surface area contributed by atoms with Crippen molar-refractivity contribution in [3.8, 4) is 0 Å². The van der Waals surface area contributed by atoms with Crippen molar-refractivity contribution >= 4 is 28.9 Å². The lowest BCUT2D eigenvalue weighted by atomic mass is 9.97. The van der Waals surface area contributed by atoms with Crippen molar-refractivity contribution in [2.24, 2.45) is 5.92 Å². The number of nitrogens with zero attached hydrogens (tertiary/aromatic N) is 1. The molecular weight excluding hydrogens is 352 g/mol. The Morgan fingerprint density at radius 1 is 1.38 bits per heavy atom. The molecule has 0 aromatic carbocycles. The molecule has 1 atom stereocenters. The van der Waals surface area contributed by atoms with Gasteiger partial charge in [0.25, 0.3) is 5.91 Å². The fraction of sp³-hybridized carbons (Fsp3) is 0.421. The van der Waals surface area contributed by atoms with Crippen LogP contribution in [0.1, 0.15) is 45.6 Å². The monoisotopic (exact) mass is 374 g/mol. The van der Waals surface area contributed by atoms with Crippen LogP contribution in [0.2, 0.25) is 0 Å². The number of carbonyl (C=O) groups is 3. The van der Waals surface area contributed by atoms with E-state index in [9.17, 15) is 14.4 Å². The Morgan fingerprint density at radius 2 is 2.23 bits per heavy atom. The molecule has 2 amide bonds. The van der Waals surface area contributed by atoms with Crippen LogP contribution >= 0.6 is 11.3 Å². The molecule has 1 aliphatic heterocycles. The van der Waals surface area contributed by atoms with Crippen molar-refractivity contribution in [3.05, 3.63) is 46.0 Å². The van der Waals surface area contributed by atoms with E-state index in [1.165, 1.54) is 24.5 Å². The van der Waals surface area contributed by atoms with Crippen LogP contribution in [0.3, 0.4) is 0 Å². The Kier molecular flexibility index (Phi) is 5.88. The highest BCUT2D eigenvalue weighted by Gasteiger charge is 2.24. The normalized spacial score (nSPS) is 17.1. The average Bonchev–Trinajstić information content (AvgIpc) is 3.32. The van der Waals surface area contributed by atoms with E-state index in [0.717, 1.165) is 24.9 Å². The van der Waals surface area contributed by atoms with Crippen LogP contribution in [0.25, 0.3) is 0 Å². The second-order valence-corrected chi connectivity index (χ2v) is 7.50. The Hall–Kier alpha value is -2.41. The molecule has 1 N–H and O–H groups in total. The number of amides is 2. The summed E-state index contributed by atoms with van der Waals surface area (Å²) in [5.41, 5.74) is 0.887. The van der Waals surface area contributed by atoms with E-state index < -0.39 is 0 Å². The van der Waals surface area contributed by atoms with Crippen LogP contribution < -0.4 is 5.32 Å². The van der Waals surface area contributed by atoms with Gasteiger partial charge in [-0.2, -0.15) is 0 Å². The summed E-state index contributed by atoms with van der Waals surface area (Å²) in [5.74, 6) is 0.404. The van der Waals surface area contributed by atoms with Gasteiger partial charge in [-0.3, -0.25) is 14.4 Å². The van der Waals surface area contributed by atoms with E-state index in [0.29, 0.717) is 30.1 Å². The molecule has 2 aromatic rings. The number of thiophene rings is 1. The molecular formula is C19H22N2O4S. The molecule has 1 aliphatic rings. The quantitative estimate of drug-likeness (QED) is 0.789. The molecule has 0 aliphatic carbocycles. The van der Waals surface area contributed by atoms with Gasteiger partial charge < -0.3 is 14.6 Å². The van der Waals surface area contributed by atoms with Gasteiger partial charge in [-0.05, 0) is 54.8 Å². The van der Waals surface area contributed by atoms with Crippen molar-refractivity contribution < 1.29 is 18.8 Å². The lowest BCUT2D eigenvalue weighted by molar-refractivity contribution is -0.132. The van der Waals surface area contributed by atoms with E-state index in [2.05, 4.69) is 5.32 Å². The predicted molar refractivity (Wildman–Crippen MR) is 98.4 cm³/mol. The molecule has 26 heavy (non-hydrogen) atoms. The molecule has 2 aromatic heterocycles. The number of piperidine rings is 1. The molecule has 0 bridgehead atoms. The third kappa shape index (κ3) is 4.60. The second-order valence-electron chi connectivity index (χ2n) is 6.59. The third-order valence-corrected chi connectivity index (χ3v) is 5.60. The van der Waals surface area contributed by atoms with E-state index in [1.54, 1.807) is 18.2 Å². The van der Waals surface area contributed by atoms with Gasteiger partial charge in [0.2, 0.25) is 5.91 Å². The molecule has 1 unspecified atom stereocenters. The number of likely N-dealkylation sites (tertiary alicyclic amines) is 1. The maximum absolute atomic E-state index is 12.6. The van der Waals surface area contributed by atoms with Crippen LogP contribution in [-0.2, 0) is 11.2 Å². The SMILES string of the molecule is CC(=O)c1cc(CC(=O)N2CCCC(CNC(=O)c3ccco3)C2)cs1. The summed E-state index contributed by atoms with van der Waals surface area (Å²) in [6.07, 6.45) is 3.69.